The van der Waals surface area contributed by atoms with E-state index in [4.69, 9.17) is 9.52 Å². The van der Waals surface area contributed by atoms with Crippen LogP contribution in [0.4, 0.5) is 6.01 Å². The van der Waals surface area contributed by atoms with E-state index < -0.39 is 5.97 Å². The fourth-order valence-corrected chi connectivity index (χ4v) is 0.772. The summed E-state index contributed by atoms with van der Waals surface area (Å²) in [5, 5.41) is 8.62. The van der Waals surface area contributed by atoms with E-state index in [1.165, 1.54) is 0 Å². The molecule has 0 radical (unpaired) electrons. The first kappa shape index (κ1) is 8.58. The summed E-state index contributed by atoms with van der Waals surface area (Å²) in [6.45, 7) is 1.57. The predicted octanol–water partition coefficient (Wildman–Crippen LogP) is 0.747. The molecule has 0 bridgehead atoms. The minimum absolute atomic E-state index is 0.0290. The van der Waals surface area contributed by atoms with Gasteiger partial charge in [0, 0.05) is 14.1 Å². The SMILES string of the molecule is Cc1oc(N(C)C)nc1C(=O)O. The van der Waals surface area contributed by atoms with Gasteiger partial charge in [0.05, 0.1) is 0 Å². The van der Waals surface area contributed by atoms with Gasteiger partial charge < -0.3 is 14.4 Å². The van der Waals surface area contributed by atoms with E-state index in [-0.39, 0.29) is 5.69 Å². The molecule has 0 aromatic carbocycles. The van der Waals surface area contributed by atoms with E-state index in [0.717, 1.165) is 0 Å². The van der Waals surface area contributed by atoms with Crippen LogP contribution in [-0.2, 0) is 0 Å². The summed E-state index contributed by atoms with van der Waals surface area (Å²) < 4.78 is 5.07. The zero-order valence-electron chi connectivity index (χ0n) is 7.16. The lowest BCUT2D eigenvalue weighted by molar-refractivity contribution is 0.0689. The topological polar surface area (TPSA) is 66.6 Å². The number of aryl methyl sites for hydroxylation is 1. The summed E-state index contributed by atoms with van der Waals surface area (Å²) >= 11 is 0. The van der Waals surface area contributed by atoms with Crippen LogP contribution in [0.25, 0.3) is 0 Å². The lowest BCUT2D eigenvalue weighted by Crippen LogP contribution is -2.09. The van der Waals surface area contributed by atoms with Crippen molar-refractivity contribution in [1.29, 1.82) is 0 Å². The van der Waals surface area contributed by atoms with Crippen LogP contribution < -0.4 is 4.90 Å². The lowest BCUT2D eigenvalue weighted by Gasteiger charge is -2.03. The van der Waals surface area contributed by atoms with Gasteiger partial charge in [-0.2, -0.15) is 4.98 Å². The Hall–Kier alpha value is -1.52. The number of hydrogen-bond donors (Lipinski definition) is 1. The second-order valence-corrected chi connectivity index (χ2v) is 2.60. The summed E-state index contributed by atoms with van der Waals surface area (Å²) in [4.78, 5) is 15.9. The number of nitrogens with zero attached hydrogens (tertiary/aromatic N) is 2. The molecule has 1 aromatic rings. The summed E-state index contributed by atoms with van der Waals surface area (Å²) in [5.74, 6) is -0.740. The first-order valence-electron chi connectivity index (χ1n) is 3.40. The zero-order chi connectivity index (χ0) is 9.30. The molecule has 1 aromatic heterocycles. The van der Waals surface area contributed by atoms with Crippen LogP contribution in [0.15, 0.2) is 4.42 Å². The van der Waals surface area contributed by atoms with Crippen LogP contribution in [0.1, 0.15) is 16.2 Å². The molecule has 0 saturated heterocycles. The van der Waals surface area contributed by atoms with Gasteiger partial charge in [0.2, 0.25) is 0 Å². The molecule has 0 fully saturated rings. The van der Waals surface area contributed by atoms with E-state index in [2.05, 4.69) is 4.98 Å². The average molecular weight is 170 g/mol. The van der Waals surface area contributed by atoms with Crippen molar-refractivity contribution in [2.45, 2.75) is 6.92 Å². The summed E-state index contributed by atoms with van der Waals surface area (Å²) in [5.41, 5.74) is -0.0290. The maximum Gasteiger partial charge on any atom is 0.358 e. The molecular formula is C7H10N2O3. The normalized spacial score (nSPS) is 9.92. The van der Waals surface area contributed by atoms with Crippen molar-refractivity contribution in [2.75, 3.05) is 19.0 Å². The van der Waals surface area contributed by atoms with Crippen molar-refractivity contribution in [1.82, 2.24) is 4.98 Å². The number of rotatable bonds is 2. The highest BCUT2D eigenvalue weighted by molar-refractivity contribution is 5.86. The molecule has 0 saturated carbocycles. The Morgan fingerprint density at radius 1 is 1.58 bits per heavy atom. The maximum absolute atomic E-state index is 10.5. The van der Waals surface area contributed by atoms with E-state index >= 15 is 0 Å². The Labute approximate surface area is 69.6 Å². The molecule has 0 aliphatic rings. The Kier molecular flexibility index (Phi) is 2.03. The van der Waals surface area contributed by atoms with Crippen LogP contribution >= 0.6 is 0 Å². The number of aromatic carboxylic acids is 1. The van der Waals surface area contributed by atoms with Crippen molar-refractivity contribution in [3.05, 3.63) is 11.5 Å². The van der Waals surface area contributed by atoms with E-state index in [0.29, 0.717) is 11.8 Å². The number of hydrogen-bond acceptors (Lipinski definition) is 4. The third-order valence-electron chi connectivity index (χ3n) is 1.37. The average Bonchev–Trinajstić information content (AvgIpc) is 2.30. The van der Waals surface area contributed by atoms with Gasteiger partial charge >= 0.3 is 5.97 Å². The van der Waals surface area contributed by atoms with Gasteiger partial charge in [0.25, 0.3) is 6.01 Å². The third-order valence-corrected chi connectivity index (χ3v) is 1.37. The number of aromatic nitrogens is 1. The molecule has 0 unspecified atom stereocenters. The summed E-state index contributed by atoms with van der Waals surface area (Å²) in [6.07, 6.45) is 0. The number of carbonyl (C=O) groups is 1. The van der Waals surface area contributed by atoms with Crippen molar-refractivity contribution in [2.24, 2.45) is 0 Å². The van der Waals surface area contributed by atoms with Gasteiger partial charge in [-0.3, -0.25) is 0 Å². The molecule has 0 aliphatic heterocycles. The van der Waals surface area contributed by atoms with Crippen LogP contribution in [0.5, 0.6) is 0 Å². The first-order chi connectivity index (χ1) is 5.52. The number of carboxylic acid groups (broad SMARTS) is 1. The molecule has 1 rings (SSSR count). The minimum Gasteiger partial charge on any atom is -0.476 e. The molecular weight excluding hydrogens is 160 g/mol. The molecule has 0 spiro atoms. The standard InChI is InChI=1S/C7H10N2O3/c1-4-5(6(10)11)8-7(12-4)9(2)3/h1-3H3,(H,10,11). The van der Waals surface area contributed by atoms with Crippen molar-refractivity contribution in [3.63, 3.8) is 0 Å². The van der Waals surface area contributed by atoms with Crippen LogP contribution in [0.3, 0.4) is 0 Å². The van der Waals surface area contributed by atoms with E-state index in [9.17, 15) is 4.79 Å². The Balaban J connectivity index is 3.09. The van der Waals surface area contributed by atoms with Gasteiger partial charge in [0.1, 0.15) is 5.76 Å². The van der Waals surface area contributed by atoms with E-state index in [1.807, 2.05) is 0 Å². The van der Waals surface area contributed by atoms with Crippen molar-refractivity contribution >= 4 is 12.0 Å². The Morgan fingerprint density at radius 3 is 2.42 bits per heavy atom. The third kappa shape index (κ3) is 1.39. The quantitative estimate of drug-likeness (QED) is 0.709. The zero-order valence-corrected chi connectivity index (χ0v) is 7.16. The Bertz CT molecular complexity index is 304. The monoisotopic (exact) mass is 170 g/mol. The number of oxazole rings is 1. The highest BCUT2D eigenvalue weighted by atomic mass is 16.4. The fourth-order valence-electron chi connectivity index (χ4n) is 0.772. The molecule has 66 valence electrons. The van der Waals surface area contributed by atoms with Gasteiger partial charge in [-0.15, -0.1) is 0 Å². The van der Waals surface area contributed by atoms with Crippen LogP contribution in [0.2, 0.25) is 0 Å². The van der Waals surface area contributed by atoms with Crippen molar-refractivity contribution < 1.29 is 14.3 Å². The molecule has 1 heterocycles. The minimum atomic E-state index is -1.07. The highest BCUT2D eigenvalue weighted by Gasteiger charge is 2.16. The second-order valence-electron chi connectivity index (χ2n) is 2.60. The lowest BCUT2D eigenvalue weighted by atomic mass is 10.4. The number of anilines is 1. The summed E-state index contributed by atoms with van der Waals surface area (Å²) in [6, 6.07) is 0.310. The molecule has 0 aliphatic carbocycles. The van der Waals surface area contributed by atoms with Gasteiger partial charge in [0.15, 0.2) is 5.69 Å². The van der Waals surface area contributed by atoms with Crippen LogP contribution in [-0.4, -0.2) is 30.2 Å². The smallest absolute Gasteiger partial charge is 0.358 e. The molecule has 5 nitrogen and oxygen atoms in total. The molecule has 12 heavy (non-hydrogen) atoms. The maximum atomic E-state index is 10.5. The van der Waals surface area contributed by atoms with E-state index in [1.54, 1.807) is 25.9 Å². The Morgan fingerprint density at radius 2 is 2.17 bits per heavy atom. The highest BCUT2D eigenvalue weighted by Crippen LogP contribution is 2.15. The van der Waals surface area contributed by atoms with Crippen molar-refractivity contribution in [3.8, 4) is 0 Å². The van der Waals surface area contributed by atoms with Gasteiger partial charge in [-0.05, 0) is 6.92 Å². The molecule has 0 amide bonds. The van der Waals surface area contributed by atoms with Crippen LogP contribution in [0, 0.1) is 6.92 Å². The first-order valence-corrected chi connectivity index (χ1v) is 3.40. The van der Waals surface area contributed by atoms with Gasteiger partial charge in [-0.1, -0.05) is 0 Å². The molecule has 0 atom stereocenters. The number of carboxylic acids is 1. The fraction of sp³-hybridized carbons (Fsp3) is 0.429. The largest absolute Gasteiger partial charge is 0.476 e. The predicted molar refractivity (Wildman–Crippen MR) is 42.5 cm³/mol. The summed E-state index contributed by atoms with van der Waals surface area (Å²) in [7, 11) is 3.47. The van der Waals surface area contributed by atoms with Gasteiger partial charge in [-0.25, -0.2) is 4.79 Å². The molecule has 1 N–H and O–H groups in total. The molecule has 5 heteroatoms. The second kappa shape index (κ2) is 2.84.